The smallest absolute Gasteiger partial charge is 0.262 e. The number of carbonyl (C=O) groups is 1. The van der Waals surface area contributed by atoms with E-state index in [2.05, 4.69) is 27.1 Å². The van der Waals surface area contributed by atoms with Crippen molar-refractivity contribution in [2.75, 3.05) is 6.61 Å². The molecule has 0 saturated carbocycles. The van der Waals surface area contributed by atoms with Gasteiger partial charge in [-0.15, -0.1) is 11.3 Å². The number of hydrogen-bond donors (Lipinski definition) is 2. The van der Waals surface area contributed by atoms with Crippen LogP contribution in [0.5, 0.6) is 0 Å². The summed E-state index contributed by atoms with van der Waals surface area (Å²) >= 11 is 1.34. The third kappa shape index (κ3) is 3.88. The average molecular weight is 287 g/mol. The highest BCUT2D eigenvalue weighted by Crippen LogP contribution is 2.15. The van der Waals surface area contributed by atoms with Crippen molar-refractivity contribution in [2.45, 2.75) is 13.0 Å². The Morgan fingerprint density at radius 2 is 2.35 bits per heavy atom. The predicted octanol–water partition coefficient (Wildman–Crippen LogP) is 1.20. The molecule has 2 heterocycles. The summed E-state index contributed by atoms with van der Waals surface area (Å²) in [5, 5.41) is 13.3. The van der Waals surface area contributed by atoms with Crippen LogP contribution in [0.4, 0.5) is 0 Å². The number of amides is 1. The number of aliphatic hydroxyl groups excluding tert-OH is 1. The third-order valence-corrected chi connectivity index (χ3v) is 3.32. The van der Waals surface area contributed by atoms with Gasteiger partial charge in [0.25, 0.3) is 5.91 Å². The van der Waals surface area contributed by atoms with E-state index in [1.54, 1.807) is 18.3 Å². The number of hydrogen-bond acceptors (Lipinski definition) is 5. The van der Waals surface area contributed by atoms with Crippen LogP contribution in [-0.2, 0) is 6.54 Å². The lowest BCUT2D eigenvalue weighted by molar-refractivity contribution is 0.0954. The summed E-state index contributed by atoms with van der Waals surface area (Å²) in [5.41, 5.74) is 1.43. The lowest BCUT2D eigenvalue weighted by Crippen LogP contribution is -2.23. The van der Waals surface area contributed by atoms with Crippen molar-refractivity contribution in [3.05, 3.63) is 46.2 Å². The Hall–Kier alpha value is -2.23. The molecule has 2 aromatic heterocycles. The number of aliphatic hydroxyl groups is 1. The number of aromatic nitrogens is 2. The lowest BCUT2D eigenvalue weighted by atomic mass is 10.2. The lowest BCUT2D eigenvalue weighted by Gasteiger charge is -2.03. The minimum Gasteiger partial charge on any atom is -0.395 e. The van der Waals surface area contributed by atoms with Gasteiger partial charge < -0.3 is 10.4 Å². The molecule has 0 atom stereocenters. The van der Waals surface area contributed by atoms with Crippen molar-refractivity contribution in [2.24, 2.45) is 0 Å². The van der Waals surface area contributed by atoms with Crippen molar-refractivity contribution >= 4 is 17.2 Å². The Morgan fingerprint density at radius 3 is 3.10 bits per heavy atom. The molecule has 0 aromatic carbocycles. The van der Waals surface area contributed by atoms with Gasteiger partial charge in [-0.05, 0) is 17.5 Å². The fraction of sp³-hybridized carbons (Fsp3) is 0.214. The minimum atomic E-state index is -0.174. The maximum atomic E-state index is 12.1. The van der Waals surface area contributed by atoms with Crippen LogP contribution >= 0.6 is 11.3 Å². The fourth-order valence-corrected chi connectivity index (χ4v) is 2.24. The molecule has 0 aliphatic rings. The number of rotatable bonds is 4. The highest BCUT2D eigenvalue weighted by molar-refractivity contribution is 7.12. The van der Waals surface area contributed by atoms with Crippen LogP contribution in [0.15, 0.2) is 30.0 Å². The Balaban J connectivity index is 2.00. The van der Waals surface area contributed by atoms with Gasteiger partial charge in [0.05, 0.1) is 18.8 Å². The van der Waals surface area contributed by atoms with Gasteiger partial charge in [-0.3, -0.25) is 4.79 Å². The Labute approximate surface area is 120 Å². The van der Waals surface area contributed by atoms with E-state index in [9.17, 15) is 4.79 Å². The molecule has 1 amide bonds. The van der Waals surface area contributed by atoms with Crippen molar-refractivity contribution in [1.29, 1.82) is 0 Å². The van der Waals surface area contributed by atoms with Gasteiger partial charge in [0.2, 0.25) is 0 Å². The second kappa shape index (κ2) is 7.38. The quantitative estimate of drug-likeness (QED) is 0.829. The maximum Gasteiger partial charge on any atom is 0.262 e. The Morgan fingerprint density at radius 1 is 1.45 bits per heavy atom. The zero-order chi connectivity index (χ0) is 14.2. The summed E-state index contributed by atoms with van der Waals surface area (Å²) in [6, 6.07) is 3.55. The summed E-state index contributed by atoms with van der Waals surface area (Å²) in [7, 11) is 0. The first-order chi connectivity index (χ1) is 9.81. The van der Waals surface area contributed by atoms with E-state index in [-0.39, 0.29) is 12.5 Å². The zero-order valence-electron chi connectivity index (χ0n) is 10.7. The second-order valence-electron chi connectivity index (χ2n) is 3.82. The first kappa shape index (κ1) is 14.2. The monoisotopic (exact) mass is 287 g/mol. The van der Waals surface area contributed by atoms with Crippen LogP contribution in [0.25, 0.3) is 0 Å². The first-order valence-electron chi connectivity index (χ1n) is 6.01. The van der Waals surface area contributed by atoms with E-state index in [0.29, 0.717) is 23.4 Å². The number of carbonyl (C=O) groups excluding carboxylic acids is 1. The van der Waals surface area contributed by atoms with Crippen LogP contribution in [-0.4, -0.2) is 27.6 Å². The van der Waals surface area contributed by atoms with Crippen LogP contribution < -0.4 is 5.32 Å². The third-order valence-electron chi connectivity index (χ3n) is 2.40. The van der Waals surface area contributed by atoms with E-state index in [1.807, 2.05) is 5.38 Å². The van der Waals surface area contributed by atoms with Crippen molar-refractivity contribution < 1.29 is 9.90 Å². The molecule has 0 aliphatic heterocycles. The molecule has 102 valence electrons. The highest BCUT2D eigenvalue weighted by atomic mass is 32.1. The molecule has 20 heavy (non-hydrogen) atoms. The van der Waals surface area contributed by atoms with Gasteiger partial charge in [0.15, 0.2) is 0 Å². The molecule has 0 spiro atoms. The minimum absolute atomic E-state index is 0.0202. The predicted molar refractivity (Wildman–Crippen MR) is 76.1 cm³/mol. The Bertz CT molecular complexity index is 629. The molecule has 2 rings (SSSR count). The van der Waals surface area contributed by atoms with Crippen LogP contribution in [0.3, 0.4) is 0 Å². The summed E-state index contributed by atoms with van der Waals surface area (Å²) in [4.78, 5) is 20.5. The molecule has 0 fully saturated rings. The summed E-state index contributed by atoms with van der Waals surface area (Å²) in [6.45, 7) is 0.370. The standard InChI is InChI=1S/C14H13N3O2S/c18-7-2-1-3-11-5-8-20-13(11)14(19)16-9-12-4-6-15-10-17-12/h4-6,8,10,18H,2,7,9H2,(H,16,19). The van der Waals surface area contributed by atoms with Gasteiger partial charge in [-0.25, -0.2) is 9.97 Å². The van der Waals surface area contributed by atoms with Crippen molar-refractivity contribution in [3.8, 4) is 11.8 Å². The molecule has 0 aliphatic carbocycles. The van der Waals surface area contributed by atoms with Crippen molar-refractivity contribution in [3.63, 3.8) is 0 Å². The molecule has 0 unspecified atom stereocenters. The van der Waals surface area contributed by atoms with Crippen LogP contribution in [0.1, 0.15) is 27.3 Å². The molecule has 2 N–H and O–H groups in total. The molecule has 0 bridgehead atoms. The summed E-state index contributed by atoms with van der Waals surface area (Å²) in [6.07, 6.45) is 3.47. The fourth-order valence-electron chi connectivity index (χ4n) is 1.47. The average Bonchev–Trinajstić information content (AvgIpc) is 2.95. The first-order valence-corrected chi connectivity index (χ1v) is 6.89. The van der Waals surface area contributed by atoms with E-state index < -0.39 is 0 Å². The van der Waals surface area contributed by atoms with E-state index >= 15 is 0 Å². The van der Waals surface area contributed by atoms with Gasteiger partial charge in [0.1, 0.15) is 11.2 Å². The molecule has 6 heteroatoms. The topological polar surface area (TPSA) is 75.1 Å². The largest absolute Gasteiger partial charge is 0.395 e. The summed E-state index contributed by atoms with van der Waals surface area (Å²) < 4.78 is 0. The van der Waals surface area contributed by atoms with Crippen LogP contribution in [0, 0.1) is 11.8 Å². The SMILES string of the molecule is O=C(NCc1ccncn1)c1sccc1C#CCCO. The molecular weight excluding hydrogens is 274 g/mol. The Kier molecular flexibility index (Phi) is 5.24. The zero-order valence-corrected chi connectivity index (χ0v) is 11.5. The van der Waals surface area contributed by atoms with E-state index in [4.69, 9.17) is 5.11 Å². The van der Waals surface area contributed by atoms with Crippen molar-refractivity contribution in [1.82, 2.24) is 15.3 Å². The van der Waals surface area contributed by atoms with Gasteiger partial charge in [-0.2, -0.15) is 0 Å². The molecular formula is C14H13N3O2S. The normalized spacial score (nSPS) is 9.65. The number of nitrogens with zero attached hydrogens (tertiary/aromatic N) is 2. The molecule has 0 radical (unpaired) electrons. The van der Waals surface area contributed by atoms with E-state index in [0.717, 1.165) is 5.69 Å². The van der Waals surface area contributed by atoms with Crippen LogP contribution in [0.2, 0.25) is 0 Å². The van der Waals surface area contributed by atoms with Gasteiger partial charge in [0, 0.05) is 18.2 Å². The second-order valence-corrected chi connectivity index (χ2v) is 4.74. The number of nitrogens with one attached hydrogen (secondary N) is 1. The molecule has 0 saturated heterocycles. The summed E-state index contributed by atoms with van der Waals surface area (Å²) in [5.74, 6) is 5.53. The maximum absolute atomic E-state index is 12.1. The number of thiophene rings is 1. The molecule has 2 aromatic rings. The van der Waals surface area contributed by atoms with E-state index in [1.165, 1.54) is 17.7 Å². The van der Waals surface area contributed by atoms with Gasteiger partial charge >= 0.3 is 0 Å². The molecule has 5 nitrogen and oxygen atoms in total. The van der Waals surface area contributed by atoms with Gasteiger partial charge in [-0.1, -0.05) is 11.8 Å². The highest BCUT2D eigenvalue weighted by Gasteiger charge is 2.11.